The largest absolute Gasteiger partial charge is 0.375 e. The Labute approximate surface area is 201 Å². The fourth-order valence-corrected chi connectivity index (χ4v) is 5.14. The lowest BCUT2D eigenvalue weighted by Gasteiger charge is -2.35. The molecule has 1 saturated heterocycles. The smallest absolute Gasteiger partial charge is 0.257 e. The summed E-state index contributed by atoms with van der Waals surface area (Å²) in [6.07, 6.45) is 7.92. The maximum Gasteiger partial charge on any atom is 0.257 e. The van der Waals surface area contributed by atoms with Crippen molar-refractivity contribution in [1.82, 2.24) is 19.9 Å². The predicted molar refractivity (Wildman–Crippen MR) is 136 cm³/mol. The molecule has 1 aromatic carbocycles. The summed E-state index contributed by atoms with van der Waals surface area (Å²) >= 11 is 1.45. The molecule has 4 heterocycles. The van der Waals surface area contributed by atoms with E-state index in [1.807, 2.05) is 24.3 Å². The lowest BCUT2D eigenvalue weighted by Crippen LogP contribution is -2.47. The zero-order chi connectivity index (χ0) is 23.1. The molecule has 4 aromatic rings. The third kappa shape index (κ3) is 4.32. The van der Waals surface area contributed by atoms with Crippen LogP contribution in [-0.2, 0) is 0 Å². The van der Waals surface area contributed by atoms with Gasteiger partial charge in [-0.3, -0.25) is 9.69 Å². The zero-order valence-corrected chi connectivity index (χ0v) is 19.5. The first kappa shape index (κ1) is 21.0. The van der Waals surface area contributed by atoms with Gasteiger partial charge in [0.15, 0.2) is 5.13 Å². The molecule has 1 saturated carbocycles. The second kappa shape index (κ2) is 8.66. The molecule has 0 radical (unpaired) electrons. The van der Waals surface area contributed by atoms with Crippen LogP contribution in [0.3, 0.4) is 0 Å². The number of hydrogen-bond donors (Lipinski definition) is 2. The van der Waals surface area contributed by atoms with Crippen LogP contribution in [0.2, 0.25) is 0 Å². The van der Waals surface area contributed by atoms with Gasteiger partial charge >= 0.3 is 0 Å². The molecular weight excluding hydrogens is 446 g/mol. The Bertz CT molecular complexity index is 1360. The molecule has 2 aliphatic rings. The first-order valence-electron chi connectivity index (χ1n) is 11.5. The maximum atomic E-state index is 13.0. The molecular formula is C25H25N7OS. The second-order valence-electron chi connectivity index (χ2n) is 8.81. The Morgan fingerprint density at radius 1 is 0.971 bits per heavy atom. The minimum atomic E-state index is -0.196. The number of benzene rings is 1. The number of nitrogens with zero attached hydrogens (tertiary/aromatic N) is 5. The monoisotopic (exact) mass is 471 g/mol. The molecule has 0 unspecified atom stereocenters. The molecule has 9 heteroatoms. The Balaban J connectivity index is 1.18. The number of piperazine rings is 1. The Morgan fingerprint density at radius 3 is 2.59 bits per heavy atom. The van der Waals surface area contributed by atoms with E-state index in [0.717, 1.165) is 59.3 Å². The van der Waals surface area contributed by atoms with Crippen LogP contribution >= 0.6 is 11.3 Å². The average Bonchev–Trinajstić information content (AvgIpc) is 3.64. The van der Waals surface area contributed by atoms with Gasteiger partial charge in [0, 0.05) is 61.8 Å². The van der Waals surface area contributed by atoms with Gasteiger partial charge < -0.3 is 16.0 Å². The first-order valence-corrected chi connectivity index (χ1v) is 12.3. The quantitative estimate of drug-likeness (QED) is 0.456. The molecule has 1 aliphatic carbocycles. The summed E-state index contributed by atoms with van der Waals surface area (Å²) in [4.78, 5) is 31.9. The number of amides is 1. The van der Waals surface area contributed by atoms with Crippen molar-refractivity contribution in [2.45, 2.75) is 18.9 Å². The van der Waals surface area contributed by atoms with Crippen LogP contribution in [0.1, 0.15) is 23.2 Å². The van der Waals surface area contributed by atoms with Crippen molar-refractivity contribution in [3.05, 3.63) is 60.6 Å². The number of carbonyl (C=O) groups is 1. The van der Waals surface area contributed by atoms with E-state index < -0.39 is 0 Å². The van der Waals surface area contributed by atoms with E-state index in [2.05, 4.69) is 36.1 Å². The van der Waals surface area contributed by atoms with Crippen molar-refractivity contribution in [3.8, 4) is 10.4 Å². The number of nitrogens with two attached hydrogens (primary N) is 1. The molecule has 34 heavy (non-hydrogen) atoms. The SMILES string of the molecule is Nc1ncc(-c2ccc3cnc(NC(=O)c4ccnc(N5CCN(C6CC6)CC5)c4)cc3c2)s1. The standard InChI is InChI=1S/C25H25N7OS/c26-25-29-15-21(34-25)16-1-2-18-14-28-22(12-19(18)11-16)30-24(33)17-5-6-27-23(13-17)32-9-7-31(8-10-32)20-3-4-20/h1-2,5-6,11-15,20H,3-4,7-10H2,(H2,26,29)(H,28,30,33). The second-order valence-corrected chi connectivity index (χ2v) is 9.87. The van der Waals surface area contributed by atoms with Gasteiger partial charge in [-0.1, -0.05) is 23.5 Å². The Kier molecular flexibility index (Phi) is 5.35. The highest BCUT2D eigenvalue weighted by atomic mass is 32.1. The van der Waals surface area contributed by atoms with Crippen molar-refractivity contribution in [1.29, 1.82) is 0 Å². The van der Waals surface area contributed by atoms with Crippen molar-refractivity contribution >= 4 is 44.8 Å². The minimum Gasteiger partial charge on any atom is -0.375 e. The summed E-state index contributed by atoms with van der Waals surface area (Å²) in [6.45, 7) is 3.99. The average molecular weight is 472 g/mol. The molecule has 3 aromatic heterocycles. The van der Waals surface area contributed by atoms with Crippen molar-refractivity contribution in [2.24, 2.45) is 0 Å². The highest BCUT2D eigenvalue weighted by Gasteiger charge is 2.31. The van der Waals surface area contributed by atoms with Crippen LogP contribution in [0.5, 0.6) is 0 Å². The summed E-state index contributed by atoms with van der Waals surface area (Å²) in [5.74, 6) is 1.16. The van der Waals surface area contributed by atoms with Gasteiger partial charge in [0.2, 0.25) is 0 Å². The number of carbonyl (C=O) groups excluding carboxylic acids is 1. The summed E-state index contributed by atoms with van der Waals surface area (Å²) < 4.78 is 0. The molecule has 0 spiro atoms. The molecule has 0 atom stereocenters. The van der Waals surface area contributed by atoms with Crippen molar-refractivity contribution in [3.63, 3.8) is 0 Å². The van der Waals surface area contributed by atoms with Gasteiger partial charge in [0.05, 0.1) is 4.88 Å². The molecule has 172 valence electrons. The van der Waals surface area contributed by atoms with E-state index in [1.165, 1.54) is 24.2 Å². The number of nitrogens with one attached hydrogen (secondary N) is 1. The van der Waals surface area contributed by atoms with Gasteiger partial charge in [-0.25, -0.2) is 15.0 Å². The summed E-state index contributed by atoms with van der Waals surface area (Å²) in [7, 11) is 0. The van der Waals surface area contributed by atoms with Gasteiger partial charge in [0.25, 0.3) is 5.91 Å². The normalized spacial score (nSPS) is 16.6. The van der Waals surface area contributed by atoms with Crippen LogP contribution < -0.4 is 16.0 Å². The fraction of sp³-hybridized carbons (Fsp3) is 0.280. The highest BCUT2D eigenvalue weighted by molar-refractivity contribution is 7.18. The molecule has 1 aliphatic heterocycles. The Morgan fingerprint density at radius 2 is 1.82 bits per heavy atom. The maximum absolute atomic E-state index is 13.0. The lowest BCUT2D eigenvalue weighted by molar-refractivity contribution is 0.102. The first-order chi connectivity index (χ1) is 16.6. The van der Waals surface area contributed by atoms with E-state index >= 15 is 0 Å². The number of aromatic nitrogens is 3. The predicted octanol–water partition coefficient (Wildman–Crippen LogP) is 3.87. The van der Waals surface area contributed by atoms with E-state index in [1.54, 1.807) is 24.7 Å². The number of nitrogen functional groups attached to an aromatic ring is 1. The molecule has 1 amide bonds. The number of thiazole rings is 1. The number of anilines is 3. The Hall–Kier alpha value is -3.56. The number of pyridine rings is 2. The van der Waals surface area contributed by atoms with Crippen LogP contribution in [0.25, 0.3) is 21.2 Å². The van der Waals surface area contributed by atoms with Crippen molar-refractivity contribution in [2.75, 3.05) is 42.1 Å². The zero-order valence-electron chi connectivity index (χ0n) is 18.6. The topological polar surface area (TPSA) is 100 Å². The summed E-state index contributed by atoms with van der Waals surface area (Å²) in [5, 5.41) is 5.46. The summed E-state index contributed by atoms with van der Waals surface area (Å²) in [6, 6.07) is 12.4. The minimum absolute atomic E-state index is 0.196. The molecule has 3 N–H and O–H groups in total. The highest BCUT2D eigenvalue weighted by Crippen LogP contribution is 2.31. The number of rotatable bonds is 5. The third-order valence-corrected chi connectivity index (χ3v) is 7.36. The molecule has 8 nitrogen and oxygen atoms in total. The van der Waals surface area contributed by atoms with E-state index in [-0.39, 0.29) is 5.91 Å². The van der Waals surface area contributed by atoms with E-state index in [0.29, 0.717) is 16.5 Å². The van der Waals surface area contributed by atoms with Gasteiger partial charge in [-0.05, 0) is 48.1 Å². The molecule has 6 rings (SSSR count). The van der Waals surface area contributed by atoms with E-state index in [4.69, 9.17) is 5.73 Å². The van der Waals surface area contributed by atoms with Gasteiger partial charge in [0.1, 0.15) is 11.6 Å². The van der Waals surface area contributed by atoms with Gasteiger partial charge in [-0.15, -0.1) is 0 Å². The summed E-state index contributed by atoms with van der Waals surface area (Å²) in [5.41, 5.74) is 7.39. The van der Waals surface area contributed by atoms with Crippen LogP contribution in [-0.4, -0.2) is 58.0 Å². The molecule has 0 bridgehead atoms. The number of hydrogen-bond acceptors (Lipinski definition) is 8. The van der Waals surface area contributed by atoms with Gasteiger partial charge in [-0.2, -0.15) is 0 Å². The van der Waals surface area contributed by atoms with Crippen LogP contribution in [0.15, 0.2) is 55.0 Å². The van der Waals surface area contributed by atoms with E-state index in [9.17, 15) is 4.79 Å². The fourth-order valence-electron chi connectivity index (χ4n) is 4.46. The van der Waals surface area contributed by atoms with Crippen LogP contribution in [0.4, 0.5) is 16.8 Å². The third-order valence-electron chi connectivity index (χ3n) is 6.48. The molecule has 2 fully saturated rings. The lowest BCUT2D eigenvalue weighted by atomic mass is 10.1. The van der Waals surface area contributed by atoms with Crippen molar-refractivity contribution < 1.29 is 4.79 Å². The number of fused-ring (bicyclic) bond motifs is 1. The van der Waals surface area contributed by atoms with Crippen LogP contribution in [0, 0.1) is 0 Å².